The molecule has 3 rings (SSSR count). The van der Waals surface area contributed by atoms with Crippen LogP contribution in [0.3, 0.4) is 0 Å². The molecule has 1 saturated carbocycles. The molecular formula is C20H28N4OS. The smallest absolute Gasteiger partial charge is 0.224 e. The Labute approximate surface area is 160 Å². The van der Waals surface area contributed by atoms with E-state index in [0.717, 1.165) is 34.9 Å². The first-order valence-corrected chi connectivity index (χ1v) is 10.7. The molecule has 2 aromatic rings. The minimum Gasteiger partial charge on any atom is -0.356 e. The molecule has 0 spiro atoms. The third kappa shape index (κ3) is 4.67. The van der Waals surface area contributed by atoms with Crippen molar-refractivity contribution >= 4 is 17.7 Å². The molecule has 140 valence electrons. The summed E-state index contributed by atoms with van der Waals surface area (Å²) in [6, 6.07) is 8.60. The summed E-state index contributed by atoms with van der Waals surface area (Å²) < 4.78 is 2.34. The van der Waals surface area contributed by atoms with Crippen LogP contribution in [0.4, 0.5) is 0 Å². The first-order chi connectivity index (χ1) is 12.7. The van der Waals surface area contributed by atoms with Gasteiger partial charge in [0, 0.05) is 19.0 Å². The predicted molar refractivity (Wildman–Crippen MR) is 106 cm³/mol. The van der Waals surface area contributed by atoms with Crippen molar-refractivity contribution in [2.75, 3.05) is 12.8 Å². The molecular weight excluding hydrogens is 344 g/mol. The fraction of sp³-hybridized carbons (Fsp3) is 0.550. The number of aryl methyl sites for hydroxylation is 2. The standard InChI is InChI=1S/C20H28N4OS/c1-15-8-3-4-9-16(15)14-19(25)21-13-7-12-18-22-23-20(26-2)24(18)17-10-5-6-11-17/h3-4,8-9,17H,5-7,10-14H2,1-2H3,(H,21,25). The Bertz CT molecular complexity index is 737. The van der Waals surface area contributed by atoms with E-state index in [1.807, 2.05) is 31.2 Å². The van der Waals surface area contributed by atoms with Gasteiger partial charge in [-0.3, -0.25) is 4.79 Å². The van der Waals surface area contributed by atoms with E-state index >= 15 is 0 Å². The van der Waals surface area contributed by atoms with Gasteiger partial charge in [0.1, 0.15) is 5.82 Å². The molecule has 1 aromatic heterocycles. The minimum atomic E-state index is 0.0846. The van der Waals surface area contributed by atoms with Crippen molar-refractivity contribution in [2.24, 2.45) is 0 Å². The molecule has 0 saturated heterocycles. The Balaban J connectivity index is 1.48. The third-order valence-electron chi connectivity index (χ3n) is 5.12. The van der Waals surface area contributed by atoms with E-state index in [9.17, 15) is 4.79 Å². The van der Waals surface area contributed by atoms with Gasteiger partial charge in [0.2, 0.25) is 5.91 Å². The second-order valence-corrected chi connectivity index (χ2v) is 7.74. The molecule has 0 aliphatic heterocycles. The average Bonchev–Trinajstić information content (AvgIpc) is 3.29. The van der Waals surface area contributed by atoms with E-state index in [2.05, 4.69) is 26.3 Å². The summed E-state index contributed by atoms with van der Waals surface area (Å²) >= 11 is 1.67. The normalized spacial score (nSPS) is 14.7. The number of benzene rings is 1. The fourth-order valence-electron chi connectivity index (χ4n) is 3.66. The maximum atomic E-state index is 12.2. The van der Waals surface area contributed by atoms with Crippen LogP contribution >= 0.6 is 11.8 Å². The zero-order valence-electron chi connectivity index (χ0n) is 15.7. The van der Waals surface area contributed by atoms with Gasteiger partial charge in [-0.25, -0.2) is 0 Å². The fourth-order valence-corrected chi connectivity index (χ4v) is 4.24. The van der Waals surface area contributed by atoms with Gasteiger partial charge in [0.25, 0.3) is 0 Å². The van der Waals surface area contributed by atoms with Gasteiger partial charge in [-0.05, 0) is 43.6 Å². The molecule has 1 amide bonds. The lowest BCUT2D eigenvalue weighted by atomic mass is 10.1. The largest absolute Gasteiger partial charge is 0.356 e. The van der Waals surface area contributed by atoms with Gasteiger partial charge in [0.15, 0.2) is 5.16 Å². The molecule has 5 nitrogen and oxygen atoms in total. The number of hydrogen-bond acceptors (Lipinski definition) is 4. The quantitative estimate of drug-likeness (QED) is 0.567. The molecule has 1 aromatic carbocycles. The molecule has 0 bridgehead atoms. The van der Waals surface area contributed by atoms with Gasteiger partial charge < -0.3 is 9.88 Å². The topological polar surface area (TPSA) is 59.8 Å². The third-order valence-corrected chi connectivity index (χ3v) is 5.76. The molecule has 0 atom stereocenters. The molecule has 1 heterocycles. The van der Waals surface area contributed by atoms with Crippen molar-refractivity contribution in [3.8, 4) is 0 Å². The highest BCUT2D eigenvalue weighted by molar-refractivity contribution is 7.98. The summed E-state index contributed by atoms with van der Waals surface area (Å²) in [7, 11) is 0. The van der Waals surface area contributed by atoms with Crippen molar-refractivity contribution in [1.82, 2.24) is 20.1 Å². The molecule has 0 unspecified atom stereocenters. The van der Waals surface area contributed by atoms with E-state index in [0.29, 0.717) is 19.0 Å². The number of carbonyl (C=O) groups is 1. The predicted octanol–water partition coefficient (Wildman–Crippen LogP) is 3.72. The summed E-state index contributed by atoms with van der Waals surface area (Å²) in [5.74, 6) is 1.15. The van der Waals surface area contributed by atoms with Gasteiger partial charge in [-0.2, -0.15) is 0 Å². The number of carbonyl (C=O) groups excluding carboxylic acids is 1. The second-order valence-electron chi connectivity index (χ2n) is 6.97. The van der Waals surface area contributed by atoms with Crippen LogP contribution in [0.15, 0.2) is 29.4 Å². The Morgan fingerprint density at radius 1 is 1.27 bits per heavy atom. The number of thioether (sulfide) groups is 1. The Kier molecular flexibility index (Phi) is 6.72. The van der Waals surface area contributed by atoms with E-state index in [4.69, 9.17) is 0 Å². The van der Waals surface area contributed by atoms with Crippen LogP contribution in [0.5, 0.6) is 0 Å². The summed E-state index contributed by atoms with van der Waals surface area (Å²) in [6.45, 7) is 2.72. The first-order valence-electron chi connectivity index (χ1n) is 9.48. The molecule has 1 fully saturated rings. The average molecular weight is 373 g/mol. The van der Waals surface area contributed by atoms with E-state index in [-0.39, 0.29) is 5.91 Å². The van der Waals surface area contributed by atoms with Crippen molar-refractivity contribution in [3.05, 3.63) is 41.2 Å². The van der Waals surface area contributed by atoms with Crippen molar-refractivity contribution in [2.45, 2.75) is 63.1 Å². The number of nitrogens with one attached hydrogen (secondary N) is 1. The number of amides is 1. The molecule has 6 heteroatoms. The summed E-state index contributed by atoms with van der Waals surface area (Å²) in [5.41, 5.74) is 2.26. The SMILES string of the molecule is CSc1nnc(CCCNC(=O)Cc2ccccc2C)n1C1CCCC1. The van der Waals surface area contributed by atoms with Crippen LogP contribution in [0.1, 0.15) is 55.1 Å². The maximum Gasteiger partial charge on any atom is 0.224 e. The Hall–Kier alpha value is -1.82. The van der Waals surface area contributed by atoms with Gasteiger partial charge in [-0.15, -0.1) is 10.2 Å². The van der Waals surface area contributed by atoms with Gasteiger partial charge >= 0.3 is 0 Å². The summed E-state index contributed by atoms with van der Waals surface area (Å²) in [6.07, 6.45) is 9.30. The molecule has 1 aliphatic rings. The Morgan fingerprint density at radius 3 is 2.77 bits per heavy atom. The highest BCUT2D eigenvalue weighted by Crippen LogP contribution is 2.33. The monoisotopic (exact) mass is 372 g/mol. The highest BCUT2D eigenvalue weighted by Gasteiger charge is 2.23. The number of aromatic nitrogens is 3. The maximum absolute atomic E-state index is 12.2. The number of hydrogen-bond donors (Lipinski definition) is 1. The zero-order valence-corrected chi connectivity index (χ0v) is 16.5. The van der Waals surface area contributed by atoms with Crippen molar-refractivity contribution in [3.63, 3.8) is 0 Å². The minimum absolute atomic E-state index is 0.0846. The second kappa shape index (κ2) is 9.21. The molecule has 1 N–H and O–H groups in total. The molecule has 26 heavy (non-hydrogen) atoms. The lowest BCUT2D eigenvalue weighted by Gasteiger charge is -2.16. The molecule has 0 radical (unpaired) electrons. The number of nitrogens with zero attached hydrogens (tertiary/aromatic N) is 3. The number of rotatable bonds is 8. The van der Waals surface area contributed by atoms with Crippen molar-refractivity contribution in [1.29, 1.82) is 0 Å². The van der Waals surface area contributed by atoms with Gasteiger partial charge in [0.05, 0.1) is 6.42 Å². The lowest BCUT2D eigenvalue weighted by Crippen LogP contribution is -2.27. The van der Waals surface area contributed by atoms with E-state index in [1.165, 1.54) is 25.7 Å². The van der Waals surface area contributed by atoms with E-state index in [1.54, 1.807) is 11.8 Å². The zero-order chi connectivity index (χ0) is 18.4. The van der Waals surface area contributed by atoms with Crippen LogP contribution in [0, 0.1) is 6.92 Å². The lowest BCUT2D eigenvalue weighted by molar-refractivity contribution is -0.120. The van der Waals surface area contributed by atoms with Crippen LogP contribution in [-0.4, -0.2) is 33.5 Å². The van der Waals surface area contributed by atoms with Crippen molar-refractivity contribution < 1.29 is 4.79 Å². The van der Waals surface area contributed by atoms with Crippen LogP contribution in [-0.2, 0) is 17.6 Å². The van der Waals surface area contributed by atoms with Crippen LogP contribution in [0.2, 0.25) is 0 Å². The highest BCUT2D eigenvalue weighted by atomic mass is 32.2. The Morgan fingerprint density at radius 2 is 2.04 bits per heavy atom. The first kappa shape index (κ1) is 19.0. The summed E-state index contributed by atoms with van der Waals surface area (Å²) in [5, 5.41) is 12.8. The van der Waals surface area contributed by atoms with Crippen LogP contribution < -0.4 is 5.32 Å². The van der Waals surface area contributed by atoms with E-state index < -0.39 is 0 Å². The van der Waals surface area contributed by atoms with Gasteiger partial charge in [-0.1, -0.05) is 48.9 Å². The summed E-state index contributed by atoms with van der Waals surface area (Å²) in [4.78, 5) is 12.2. The molecule has 1 aliphatic carbocycles. The van der Waals surface area contributed by atoms with Crippen LogP contribution in [0.25, 0.3) is 0 Å².